The summed E-state index contributed by atoms with van der Waals surface area (Å²) < 4.78 is 6.21. The van der Waals surface area contributed by atoms with Crippen molar-refractivity contribution in [3.05, 3.63) is 66.8 Å². The molecule has 1 N–H and O–H groups in total. The zero-order valence-corrected chi connectivity index (χ0v) is 15.5. The number of anilines is 1. The Labute approximate surface area is 162 Å². The van der Waals surface area contributed by atoms with Gasteiger partial charge >= 0.3 is 5.97 Å². The molecule has 0 aromatic heterocycles. The third-order valence-electron chi connectivity index (χ3n) is 6.27. The van der Waals surface area contributed by atoms with Gasteiger partial charge in [0.05, 0.1) is 23.8 Å². The van der Waals surface area contributed by atoms with E-state index in [0.29, 0.717) is 6.42 Å². The zero-order valence-electron chi connectivity index (χ0n) is 15.5. The molecule has 0 aliphatic carbocycles. The molecule has 3 aliphatic rings. The normalized spacial score (nSPS) is 32.9. The minimum absolute atomic E-state index is 0.179. The van der Waals surface area contributed by atoms with Gasteiger partial charge in [0.25, 0.3) is 0 Å². The fourth-order valence-corrected chi connectivity index (χ4v) is 5.22. The molecule has 0 unspecified atom stereocenters. The van der Waals surface area contributed by atoms with Crippen molar-refractivity contribution < 1.29 is 19.4 Å². The Morgan fingerprint density at radius 3 is 2.75 bits per heavy atom. The number of hydrogen-bond donors (Lipinski definition) is 1. The maximum Gasteiger partial charge on any atom is 0.310 e. The van der Waals surface area contributed by atoms with Crippen LogP contribution in [0.25, 0.3) is 10.8 Å². The van der Waals surface area contributed by atoms with Gasteiger partial charge in [-0.1, -0.05) is 54.1 Å². The van der Waals surface area contributed by atoms with Crippen LogP contribution in [-0.4, -0.2) is 34.7 Å². The number of aliphatic carboxylic acids is 1. The molecule has 5 atom stereocenters. The van der Waals surface area contributed by atoms with E-state index in [1.54, 1.807) is 11.0 Å². The largest absolute Gasteiger partial charge is 0.481 e. The van der Waals surface area contributed by atoms with Crippen LogP contribution in [0.4, 0.5) is 5.69 Å². The predicted molar refractivity (Wildman–Crippen MR) is 106 cm³/mol. The lowest BCUT2D eigenvalue weighted by Gasteiger charge is -2.34. The van der Waals surface area contributed by atoms with Crippen LogP contribution in [0.5, 0.6) is 0 Å². The Balaban J connectivity index is 1.71. The second kappa shape index (κ2) is 5.79. The van der Waals surface area contributed by atoms with Crippen molar-refractivity contribution in [3.63, 3.8) is 0 Å². The molecule has 0 radical (unpaired) electrons. The number of carboxylic acids is 1. The van der Waals surface area contributed by atoms with Crippen LogP contribution in [0.1, 0.15) is 13.3 Å². The summed E-state index contributed by atoms with van der Waals surface area (Å²) in [6, 6.07) is 13.4. The standard InChI is InChI=1S/C23H21NO4/c1-13(2)12-18-23-11-10-17(28-23)19(22(26)27)20(23)21(25)24(18)16-9-5-7-14-6-3-4-8-15(14)16/h3-11,17-20H,1,12H2,2H3,(H,26,27)/t17-,18-,19+,20+,23-/m0/s1. The molecular weight excluding hydrogens is 354 g/mol. The Morgan fingerprint density at radius 2 is 2.00 bits per heavy atom. The van der Waals surface area contributed by atoms with E-state index >= 15 is 0 Å². The number of benzene rings is 2. The van der Waals surface area contributed by atoms with Gasteiger partial charge in [-0.25, -0.2) is 0 Å². The lowest BCUT2D eigenvalue weighted by atomic mass is 9.74. The topological polar surface area (TPSA) is 66.8 Å². The predicted octanol–water partition coefficient (Wildman–Crippen LogP) is 3.55. The Hall–Kier alpha value is -2.92. The highest BCUT2D eigenvalue weighted by Crippen LogP contribution is 2.57. The van der Waals surface area contributed by atoms with E-state index in [1.165, 1.54) is 0 Å². The van der Waals surface area contributed by atoms with Crippen LogP contribution in [-0.2, 0) is 14.3 Å². The van der Waals surface area contributed by atoms with E-state index in [2.05, 4.69) is 6.58 Å². The third kappa shape index (κ3) is 2.11. The molecule has 2 fully saturated rings. The molecule has 3 heterocycles. The van der Waals surface area contributed by atoms with E-state index in [4.69, 9.17) is 4.74 Å². The molecule has 2 aromatic rings. The maximum absolute atomic E-state index is 13.6. The van der Waals surface area contributed by atoms with Gasteiger partial charge in [0.15, 0.2) is 0 Å². The Bertz CT molecular complexity index is 1050. The van der Waals surface area contributed by atoms with Gasteiger partial charge in [0.1, 0.15) is 11.5 Å². The number of carbonyl (C=O) groups is 2. The van der Waals surface area contributed by atoms with Gasteiger partial charge in [-0.15, -0.1) is 6.58 Å². The number of carboxylic acid groups (broad SMARTS) is 1. The van der Waals surface area contributed by atoms with Gasteiger partial charge in [0, 0.05) is 5.39 Å². The molecule has 2 saturated heterocycles. The van der Waals surface area contributed by atoms with Crippen LogP contribution in [0.2, 0.25) is 0 Å². The van der Waals surface area contributed by atoms with E-state index in [9.17, 15) is 14.7 Å². The number of rotatable bonds is 4. The summed E-state index contributed by atoms with van der Waals surface area (Å²) in [6.45, 7) is 5.97. The van der Waals surface area contributed by atoms with Gasteiger partial charge in [-0.2, -0.15) is 0 Å². The fourth-order valence-electron chi connectivity index (χ4n) is 5.22. The van der Waals surface area contributed by atoms with E-state index in [0.717, 1.165) is 22.0 Å². The Morgan fingerprint density at radius 1 is 1.25 bits per heavy atom. The summed E-state index contributed by atoms with van der Waals surface area (Å²) in [5.74, 6) is -2.74. The number of carbonyl (C=O) groups excluding carboxylic acids is 1. The average Bonchev–Trinajstić information content (AvgIpc) is 3.30. The lowest BCUT2D eigenvalue weighted by Crippen LogP contribution is -2.45. The first-order valence-electron chi connectivity index (χ1n) is 9.49. The summed E-state index contributed by atoms with van der Waals surface area (Å²) in [4.78, 5) is 27.4. The van der Waals surface area contributed by atoms with Crippen LogP contribution in [0.15, 0.2) is 66.8 Å². The molecule has 2 bridgehead atoms. The molecule has 3 aliphatic heterocycles. The third-order valence-corrected chi connectivity index (χ3v) is 6.27. The molecule has 1 spiro atoms. The summed E-state index contributed by atoms with van der Waals surface area (Å²) >= 11 is 0. The maximum atomic E-state index is 13.6. The number of amides is 1. The minimum Gasteiger partial charge on any atom is -0.481 e. The van der Waals surface area contributed by atoms with Crippen LogP contribution in [0.3, 0.4) is 0 Å². The van der Waals surface area contributed by atoms with Crippen molar-refractivity contribution in [2.45, 2.75) is 31.1 Å². The monoisotopic (exact) mass is 375 g/mol. The van der Waals surface area contributed by atoms with E-state index < -0.39 is 29.5 Å². The van der Waals surface area contributed by atoms with Crippen LogP contribution < -0.4 is 4.90 Å². The second-order valence-electron chi connectivity index (χ2n) is 8.02. The molecule has 142 valence electrons. The molecule has 2 aromatic carbocycles. The van der Waals surface area contributed by atoms with Crippen molar-refractivity contribution in [1.82, 2.24) is 0 Å². The fraction of sp³-hybridized carbons (Fsp3) is 0.304. The van der Waals surface area contributed by atoms with Crippen molar-refractivity contribution in [2.24, 2.45) is 11.8 Å². The molecule has 1 amide bonds. The molecule has 28 heavy (non-hydrogen) atoms. The van der Waals surface area contributed by atoms with Crippen molar-refractivity contribution in [2.75, 3.05) is 4.90 Å². The van der Waals surface area contributed by atoms with Gasteiger partial charge in [0.2, 0.25) is 5.91 Å². The van der Waals surface area contributed by atoms with Crippen molar-refractivity contribution in [1.29, 1.82) is 0 Å². The molecular formula is C23H21NO4. The van der Waals surface area contributed by atoms with Crippen LogP contribution in [0, 0.1) is 11.8 Å². The highest BCUT2D eigenvalue weighted by atomic mass is 16.5. The highest BCUT2D eigenvalue weighted by molar-refractivity contribution is 6.09. The van der Waals surface area contributed by atoms with Crippen LogP contribution >= 0.6 is 0 Å². The summed E-state index contributed by atoms with van der Waals surface area (Å²) in [6.07, 6.45) is 3.72. The van der Waals surface area contributed by atoms with E-state index in [1.807, 2.05) is 55.5 Å². The first-order valence-corrected chi connectivity index (χ1v) is 9.49. The quantitative estimate of drug-likeness (QED) is 0.830. The van der Waals surface area contributed by atoms with Gasteiger partial charge < -0.3 is 14.7 Å². The molecule has 5 rings (SSSR count). The number of fused-ring (bicyclic) bond motifs is 2. The number of hydrogen-bond acceptors (Lipinski definition) is 3. The molecule has 5 heteroatoms. The van der Waals surface area contributed by atoms with Crippen molar-refractivity contribution >= 4 is 28.3 Å². The minimum atomic E-state index is -0.983. The SMILES string of the molecule is C=C(C)C[C@@H]1N(c2cccc3ccccc23)C(=O)[C@H]2[C@H](C(=O)O)[C@@H]3C=C[C@]12O3. The average molecular weight is 375 g/mol. The van der Waals surface area contributed by atoms with Crippen molar-refractivity contribution in [3.8, 4) is 0 Å². The Kier molecular flexibility index (Phi) is 3.55. The summed E-state index contributed by atoms with van der Waals surface area (Å²) in [5, 5.41) is 11.8. The summed E-state index contributed by atoms with van der Waals surface area (Å²) in [7, 11) is 0. The molecule has 0 saturated carbocycles. The summed E-state index contributed by atoms with van der Waals surface area (Å²) in [5.41, 5.74) is 0.806. The first kappa shape index (κ1) is 17.2. The number of nitrogens with zero attached hydrogens (tertiary/aromatic N) is 1. The first-order chi connectivity index (χ1) is 13.4. The smallest absolute Gasteiger partial charge is 0.310 e. The lowest BCUT2D eigenvalue weighted by molar-refractivity contribution is -0.146. The molecule has 5 nitrogen and oxygen atoms in total. The van der Waals surface area contributed by atoms with E-state index in [-0.39, 0.29) is 11.9 Å². The van der Waals surface area contributed by atoms with Gasteiger partial charge in [-0.3, -0.25) is 9.59 Å². The zero-order chi connectivity index (χ0) is 19.6. The van der Waals surface area contributed by atoms with Gasteiger partial charge in [-0.05, 0) is 24.8 Å². The highest BCUT2D eigenvalue weighted by Gasteiger charge is 2.71. The second-order valence-corrected chi connectivity index (χ2v) is 8.02. The number of ether oxygens (including phenoxy) is 1.